The Balaban J connectivity index is 3.30. The van der Waals surface area contributed by atoms with Gasteiger partial charge in [-0.15, -0.1) is 0 Å². The van der Waals surface area contributed by atoms with Crippen LogP contribution in [0.25, 0.3) is 0 Å². The standard InChI is InChI=1S/C19H34O4/c1-2-3-4-11-14-18(21)15-12-9-7-5-6-8-10-13-16-19(22)23-17-20/h9,12,17-18,21H,2-8,10-11,13-16H2,1H3/b12-9-/t18-/m1/s1. The number of carbonyl (C=O) groups excluding carboxylic acids is 2. The van der Waals surface area contributed by atoms with Crippen LogP contribution in [0.5, 0.6) is 0 Å². The predicted molar refractivity (Wildman–Crippen MR) is 93.0 cm³/mol. The van der Waals surface area contributed by atoms with Crippen LogP contribution in [0.3, 0.4) is 0 Å². The molecule has 0 aromatic rings. The van der Waals surface area contributed by atoms with Gasteiger partial charge in [-0.25, -0.2) is 0 Å². The first kappa shape index (κ1) is 21.8. The van der Waals surface area contributed by atoms with E-state index in [9.17, 15) is 14.7 Å². The molecule has 1 atom stereocenters. The van der Waals surface area contributed by atoms with E-state index in [-0.39, 0.29) is 12.6 Å². The Morgan fingerprint density at radius 1 is 1.00 bits per heavy atom. The zero-order chi connectivity index (χ0) is 17.2. The summed E-state index contributed by atoms with van der Waals surface area (Å²) in [4.78, 5) is 20.9. The average Bonchev–Trinajstić information content (AvgIpc) is 2.53. The molecule has 4 nitrogen and oxygen atoms in total. The van der Waals surface area contributed by atoms with Gasteiger partial charge in [0.25, 0.3) is 0 Å². The Bertz CT molecular complexity index is 312. The van der Waals surface area contributed by atoms with Crippen molar-refractivity contribution in [3.05, 3.63) is 12.2 Å². The van der Waals surface area contributed by atoms with Crippen LogP contribution in [-0.4, -0.2) is 23.7 Å². The lowest BCUT2D eigenvalue weighted by atomic mass is 10.1. The normalized spacial score (nSPS) is 12.4. The summed E-state index contributed by atoms with van der Waals surface area (Å²) in [6.45, 7) is 2.39. The zero-order valence-electron chi connectivity index (χ0n) is 14.7. The molecule has 0 aromatic carbocycles. The highest BCUT2D eigenvalue weighted by atomic mass is 16.6. The Labute approximate surface area is 141 Å². The van der Waals surface area contributed by atoms with Crippen LogP contribution in [0.1, 0.15) is 90.4 Å². The highest BCUT2D eigenvalue weighted by Crippen LogP contribution is 2.10. The van der Waals surface area contributed by atoms with E-state index in [4.69, 9.17) is 0 Å². The highest BCUT2D eigenvalue weighted by molar-refractivity contribution is 5.76. The van der Waals surface area contributed by atoms with E-state index in [2.05, 4.69) is 23.8 Å². The van der Waals surface area contributed by atoms with E-state index in [1.165, 1.54) is 19.3 Å². The van der Waals surface area contributed by atoms with Crippen molar-refractivity contribution >= 4 is 12.4 Å². The fraction of sp³-hybridized carbons (Fsp3) is 0.789. The van der Waals surface area contributed by atoms with Crippen molar-refractivity contribution in [3.8, 4) is 0 Å². The summed E-state index contributed by atoms with van der Waals surface area (Å²) in [5, 5.41) is 9.82. The number of carbonyl (C=O) groups is 2. The number of esters is 1. The molecule has 0 fully saturated rings. The second kappa shape index (κ2) is 17.2. The highest BCUT2D eigenvalue weighted by Gasteiger charge is 2.01. The molecule has 0 rings (SSSR count). The van der Waals surface area contributed by atoms with Gasteiger partial charge in [0.2, 0.25) is 0 Å². The molecular weight excluding hydrogens is 292 g/mol. The van der Waals surface area contributed by atoms with E-state index >= 15 is 0 Å². The van der Waals surface area contributed by atoms with Gasteiger partial charge < -0.3 is 9.84 Å². The van der Waals surface area contributed by atoms with Gasteiger partial charge in [-0.3, -0.25) is 9.59 Å². The van der Waals surface area contributed by atoms with Crippen LogP contribution in [0.2, 0.25) is 0 Å². The number of aliphatic hydroxyl groups is 1. The van der Waals surface area contributed by atoms with E-state index in [0.29, 0.717) is 6.42 Å². The van der Waals surface area contributed by atoms with Gasteiger partial charge in [-0.1, -0.05) is 64.0 Å². The van der Waals surface area contributed by atoms with Crippen molar-refractivity contribution in [1.82, 2.24) is 0 Å². The van der Waals surface area contributed by atoms with E-state index in [1.54, 1.807) is 0 Å². The summed E-state index contributed by atoms with van der Waals surface area (Å²) in [5.41, 5.74) is 0. The maximum Gasteiger partial charge on any atom is 0.313 e. The number of aliphatic hydroxyl groups excluding tert-OH is 1. The molecule has 0 saturated carbocycles. The first-order valence-electron chi connectivity index (χ1n) is 9.16. The second-order valence-electron chi connectivity index (χ2n) is 6.10. The number of unbranched alkanes of at least 4 members (excludes halogenated alkanes) is 8. The summed E-state index contributed by atoms with van der Waals surface area (Å²) >= 11 is 0. The SMILES string of the molecule is CCCCCC[C@@H](O)C/C=C\CCCCCCCC(=O)OC=O. The lowest BCUT2D eigenvalue weighted by Gasteiger charge is -2.07. The van der Waals surface area contributed by atoms with Gasteiger partial charge in [-0.2, -0.15) is 0 Å². The molecule has 0 radical (unpaired) electrons. The molecule has 0 aliphatic heterocycles. The second-order valence-corrected chi connectivity index (χ2v) is 6.10. The first-order valence-corrected chi connectivity index (χ1v) is 9.16. The van der Waals surface area contributed by atoms with Crippen LogP contribution in [0.4, 0.5) is 0 Å². The third-order valence-corrected chi connectivity index (χ3v) is 3.90. The van der Waals surface area contributed by atoms with Gasteiger partial charge in [-0.05, 0) is 32.1 Å². The fourth-order valence-electron chi connectivity index (χ4n) is 2.47. The number of rotatable bonds is 16. The summed E-state index contributed by atoms with van der Waals surface area (Å²) < 4.78 is 4.22. The molecule has 4 heteroatoms. The molecule has 1 N–H and O–H groups in total. The van der Waals surface area contributed by atoms with Gasteiger partial charge in [0.15, 0.2) is 0 Å². The molecule has 134 valence electrons. The molecule has 0 amide bonds. The topological polar surface area (TPSA) is 63.6 Å². The molecule has 0 aliphatic rings. The smallest absolute Gasteiger partial charge is 0.313 e. The average molecular weight is 326 g/mol. The molecule has 23 heavy (non-hydrogen) atoms. The molecule has 0 aliphatic carbocycles. The first-order chi connectivity index (χ1) is 11.2. The summed E-state index contributed by atoms with van der Waals surface area (Å²) in [6, 6.07) is 0. The zero-order valence-corrected chi connectivity index (χ0v) is 14.7. The molecular formula is C19H34O4. The number of allylic oxidation sites excluding steroid dienone is 1. The minimum Gasteiger partial charge on any atom is -0.395 e. The third-order valence-electron chi connectivity index (χ3n) is 3.90. The summed E-state index contributed by atoms with van der Waals surface area (Å²) in [7, 11) is 0. The summed E-state index contributed by atoms with van der Waals surface area (Å²) in [5.74, 6) is -0.434. The molecule has 0 aromatic heterocycles. The van der Waals surface area contributed by atoms with Crippen molar-refractivity contribution in [2.45, 2.75) is 96.5 Å². The van der Waals surface area contributed by atoms with Gasteiger partial charge >= 0.3 is 12.4 Å². The number of hydrogen-bond acceptors (Lipinski definition) is 4. The number of ether oxygens (including phenoxy) is 1. The lowest BCUT2D eigenvalue weighted by molar-refractivity contribution is -0.151. The molecule has 0 unspecified atom stereocenters. The maximum atomic E-state index is 10.9. The molecule has 0 bridgehead atoms. The Hall–Kier alpha value is -1.16. The molecule has 0 spiro atoms. The quantitative estimate of drug-likeness (QED) is 0.147. The van der Waals surface area contributed by atoms with Gasteiger partial charge in [0.1, 0.15) is 0 Å². The summed E-state index contributed by atoms with van der Waals surface area (Å²) in [6.07, 6.45) is 17.2. The van der Waals surface area contributed by atoms with E-state index in [0.717, 1.165) is 57.8 Å². The van der Waals surface area contributed by atoms with Crippen LogP contribution < -0.4 is 0 Å². The van der Waals surface area contributed by atoms with Crippen LogP contribution in [0, 0.1) is 0 Å². The predicted octanol–water partition coefficient (Wildman–Crippen LogP) is 4.69. The van der Waals surface area contributed by atoms with Crippen LogP contribution >= 0.6 is 0 Å². The van der Waals surface area contributed by atoms with Crippen molar-refractivity contribution in [1.29, 1.82) is 0 Å². The van der Waals surface area contributed by atoms with Crippen LogP contribution in [-0.2, 0) is 14.3 Å². The van der Waals surface area contributed by atoms with Crippen molar-refractivity contribution in [3.63, 3.8) is 0 Å². The van der Waals surface area contributed by atoms with E-state index in [1.807, 2.05) is 0 Å². The Morgan fingerprint density at radius 2 is 1.70 bits per heavy atom. The molecule has 0 saturated heterocycles. The van der Waals surface area contributed by atoms with Crippen molar-refractivity contribution < 1.29 is 19.4 Å². The minimum atomic E-state index is -0.434. The lowest BCUT2D eigenvalue weighted by Crippen LogP contribution is -2.04. The fourth-order valence-corrected chi connectivity index (χ4v) is 2.47. The largest absolute Gasteiger partial charge is 0.395 e. The Kier molecular flexibility index (Phi) is 16.3. The van der Waals surface area contributed by atoms with Gasteiger partial charge in [0, 0.05) is 6.42 Å². The molecule has 0 heterocycles. The van der Waals surface area contributed by atoms with Gasteiger partial charge in [0.05, 0.1) is 6.10 Å². The third kappa shape index (κ3) is 17.0. The Morgan fingerprint density at radius 3 is 2.43 bits per heavy atom. The monoisotopic (exact) mass is 326 g/mol. The number of hydrogen-bond donors (Lipinski definition) is 1. The minimum absolute atomic E-state index is 0.186. The van der Waals surface area contributed by atoms with E-state index < -0.39 is 5.97 Å². The van der Waals surface area contributed by atoms with Crippen molar-refractivity contribution in [2.24, 2.45) is 0 Å². The maximum absolute atomic E-state index is 10.9. The van der Waals surface area contributed by atoms with Crippen LogP contribution in [0.15, 0.2) is 12.2 Å². The van der Waals surface area contributed by atoms with Crippen molar-refractivity contribution in [2.75, 3.05) is 0 Å².